The van der Waals surface area contributed by atoms with Crippen LogP contribution in [0.3, 0.4) is 0 Å². The van der Waals surface area contributed by atoms with Gasteiger partial charge in [0, 0.05) is 0 Å². The van der Waals surface area contributed by atoms with Crippen molar-refractivity contribution in [3.05, 3.63) is 11.1 Å². The van der Waals surface area contributed by atoms with Crippen molar-refractivity contribution in [1.82, 2.24) is 0 Å². The summed E-state index contributed by atoms with van der Waals surface area (Å²) in [7, 11) is 0. The summed E-state index contributed by atoms with van der Waals surface area (Å²) in [6.07, 6.45) is 1.56. The van der Waals surface area contributed by atoms with Gasteiger partial charge in [0.1, 0.15) is 0 Å². The van der Waals surface area contributed by atoms with Crippen LogP contribution >= 0.6 is 0 Å². The van der Waals surface area contributed by atoms with Gasteiger partial charge >= 0.3 is 0 Å². The first kappa shape index (κ1) is 6.81. The molecule has 1 heteroatoms. The van der Waals surface area contributed by atoms with E-state index in [0.29, 0.717) is 6.10 Å². The topological polar surface area (TPSA) is 9.23 Å². The van der Waals surface area contributed by atoms with E-state index in [0.717, 1.165) is 13.0 Å². The van der Waals surface area contributed by atoms with Crippen LogP contribution in [0.15, 0.2) is 11.1 Å². The van der Waals surface area contributed by atoms with Crippen molar-refractivity contribution in [3.63, 3.8) is 0 Å². The molecule has 52 valence electrons. The van der Waals surface area contributed by atoms with Gasteiger partial charge in [-0.25, -0.2) is 0 Å². The smallest absolute Gasteiger partial charge is 0.0680 e. The zero-order chi connectivity index (χ0) is 6.85. The second kappa shape index (κ2) is 2.53. The third-order valence-corrected chi connectivity index (χ3v) is 1.91. The lowest BCUT2D eigenvalue weighted by atomic mass is 10.0. The molecule has 0 saturated heterocycles. The van der Waals surface area contributed by atoms with Crippen LogP contribution in [-0.2, 0) is 4.74 Å². The Labute approximate surface area is 56.7 Å². The molecule has 0 unspecified atom stereocenters. The Balaban J connectivity index is 2.61. The average molecular weight is 126 g/mol. The van der Waals surface area contributed by atoms with Gasteiger partial charge in [0.05, 0.1) is 12.7 Å². The van der Waals surface area contributed by atoms with Crippen LogP contribution in [-0.4, -0.2) is 12.7 Å². The Morgan fingerprint density at radius 2 is 2.00 bits per heavy atom. The van der Waals surface area contributed by atoms with Crippen LogP contribution in [0.5, 0.6) is 0 Å². The predicted octanol–water partition coefficient (Wildman–Crippen LogP) is 2.13. The molecule has 0 N–H and O–H groups in total. The molecule has 0 aromatic rings. The van der Waals surface area contributed by atoms with Gasteiger partial charge in [0.15, 0.2) is 0 Å². The summed E-state index contributed by atoms with van der Waals surface area (Å²) in [6, 6.07) is 0. The Hall–Kier alpha value is -0.300. The molecular weight excluding hydrogens is 112 g/mol. The quantitative estimate of drug-likeness (QED) is 0.452. The van der Waals surface area contributed by atoms with E-state index >= 15 is 0 Å². The monoisotopic (exact) mass is 126 g/mol. The van der Waals surface area contributed by atoms with Crippen LogP contribution < -0.4 is 0 Å². The van der Waals surface area contributed by atoms with Gasteiger partial charge < -0.3 is 4.74 Å². The molecule has 1 atom stereocenters. The molecule has 1 rings (SSSR count). The molecule has 0 aromatic carbocycles. The van der Waals surface area contributed by atoms with Gasteiger partial charge in [-0.3, -0.25) is 0 Å². The maximum atomic E-state index is 5.40. The SMILES string of the molecule is CC1=C(C)C[C@@H](C)OC1. The molecule has 1 aliphatic heterocycles. The minimum absolute atomic E-state index is 0.439. The van der Waals surface area contributed by atoms with Crippen molar-refractivity contribution in [3.8, 4) is 0 Å². The molecule has 0 aromatic heterocycles. The van der Waals surface area contributed by atoms with Crippen LogP contribution in [0.1, 0.15) is 27.2 Å². The first-order valence-corrected chi connectivity index (χ1v) is 3.47. The first-order chi connectivity index (χ1) is 4.20. The summed E-state index contributed by atoms with van der Waals surface area (Å²) in [4.78, 5) is 0. The van der Waals surface area contributed by atoms with Crippen molar-refractivity contribution >= 4 is 0 Å². The highest BCUT2D eigenvalue weighted by Gasteiger charge is 2.11. The molecular formula is C8H14O. The van der Waals surface area contributed by atoms with E-state index in [1.807, 2.05) is 0 Å². The maximum Gasteiger partial charge on any atom is 0.0680 e. The number of hydrogen-bond donors (Lipinski definition) is 0. The van der Waals surface area contributed by atoms with Gasteiger partial charge in [0.2, 0.25) is 0 Å². The molecule has 0 fully saturated rings. The number of rotatable bonds is 0. The zero-order valence-corrected chi connectivity index (χ0v) is 6.40. The maximum absolute atomic E-state index is 5.40. The van der Waals surface area contributed by atoms with Crippen LogP contribution in [0, 0.1) is 0 Å². The van der Waals surface area contributed by atoms with Crippen molar-refractivity contribution < 1.29 is 4.74 Å². The lowest BCUT2D eigenvalue weighted by Gasteiger charge is -2.21. The van der Waals surface area contributed by atoms with E-state index in [4.69, 9.17) is 4.74 Å². The second-order valence-electron chi connectivity index (χ2n) is 2.89. The molecule has 0 spiro atoms. The van der Waals surface area contributed by atoms with E-state index in [1.54, 1.807) is 0 Å². The Kier molecular flexibility index (Phi) is 1.91. The predicted molar refractivity (Wildman–Crippen MR) is 38.4 cm³/mol. The third kappa shape index (κ3) is 1.55. The standard InChI is InChI=1S/C8H14O/c1-6-4-8(3)9-5-7(6)2/h8H,4-5H2,1-3H3/t8-/m1/s1. The summed E-state index contributed by atoms with van der Waals surface area (Å²) >= 11 is 0. The van der Waals surface area contributed by atoms with Crippen LogP contribution in [0.25, 0.3) is 0 Å². The lowest BCUT2D eigenvalue weighted by molar-refractivity contribution is 0.0719. The van der Waals surface area contributed by atoms with E-state index in [2.05, 4.69) is 20.8 Å². The molecule has 0 aliphatic carbocycles. The summed E-state index contributed by atoms with van der Waals surface area (Å²) in [6.45, 7) is 7.29. The minimum atomic E-state index is 0.439. The van der Waals surface area contributed by atoms with E-state index in [1.165, 1.54) is 11.1 Å². The van der Waals surface area contributed by atoms with Gasteiger partial charge in [-0.05, 0) is 32.8 Å². The second-order valence-corrected chi connectivity index (χ2v) is 2.89. The fourth-order valence-corrected chi connectivity index (χ4v) is 1.05. The van der Waals surface area contributed by atoms with Gasteiger partial charge in [-0.15, -0.1) is 0 Å². The largest absolute Gasteiger partial charge is 0.374 e. The highest BCUT2D eigenvalue weighted by Crippen LogP contribution is 2.18. The summed E-state index contributed by atoms with van der Waals surface area (Å²) < 4.78 is 5.40. The van der Waals surface area contributed by atoms with Crippen molar-refractivity contribution in [2.75, 3.05) is 6.61 Å². The molecule has 1 nitrogen and oxygen atoms in total. The lowest BCUT2D eigenvalue weighted by Crippen LogP contribution is -2.16. The molecule has 0 amide bonds. The van der Waals surface area contributed by atoms with Crippen LogP contribution in [0.4, 0.5) is 0 Å². The van der Waals surface area contributed by atoms with E-state index in [-0.39, 0.29) is 0 Å². The van der Waals surface area contributed by atoms with Crippen LogP contribution in [0.2, 0.25) is 0 Å². The van der Waals surface area contributed by atoms with E-state index in [9.17, 15) is 0 Å². The van der Waals surface area contributed by atoms with Crippen molar-refractivity contribution in [2.45, 2.75) is 33.3 Å². The molecule has 1 heterocycles. The number of ether oxygens (including phenoxy) is 1. The first-order valence-electron chi connectivity index (χ1n) is 3.47. The van der Waals surface area contributed by atoms with Gasteiger partial charge in [-0.1, -0.05) is 5.57 Å². The Morgan fingerprint density at radius 3 is 2.44 bits per heavy atom. The van der Waals surface area contributed by atoms with Crippen molar-refractivity contribution in [1.29, 1.82) is 0 Å². The molecule has 0 saturated carbocycles. The fourth-order valence-electron chi connectivity index (χ4n) is 1.05. The van der Waals surface area contributed by atoms with Crippen molar-refractivity contribution in [2.24, 2.45) is 0 Å². The molecule has 0 radical (unpaired) electrons. The third-order valence-electron chi connectivity index (χ3n) is 1.91. The normalized spacial score (nSPS) is 29.0. The molecule has 1 aliphatic rings. The molecule has 9 heavy (non-hydrogen) atoms. The number of hydrogen-bond acceptors (Lipinski definition) is 1. The summed E-state index contributed by atoms with van der Waals surface area (Å²) in [5.41, 5.74) is 2.92. The fraction of sp³-hybridized carbons (Fsp3) is 0.750. The van der Waals surface area contributed by atoms with E-state index < -0.39 is 0 Å². The minimum Gasteiger partial charge on any atom is -0.374 e. The Bertz CT molecular complexity index is 136. The zero-order valence-electron chi connectivity index (χ0n) is 6.40. The molecule has 0 bridgehead atoms. The highest BCUT2D eigenvalue weighted by molar-refractivity contribution is 5.12. The van der Waals surface area contributed by atoms with Gasteiger partial charge in [0.25, 0.3) is 0 Å². The van der Waals surface area contributed by atoms with Gasteiger partial charge in [-0.2, -0.15) is 0 Å². The average Bonchev–Trinajstić information content (AvgIpc) is 1.80. The highest BCUT2D eigenvalue weighted by atomic mass is 16.5. The summed E-state index contributed by atoms with van der Waals surface area (Å²) in [5.74, 6) is 0. The Morgan fingerprint density at radius 1 is 1.33 bits per heavy atom. The summed E-state index contributed by atoms with van der Waals surface area (Å²) in [5, 5.41) is 0.